The molecule has 0 aromatic heterocycles. The van der Waals surface area contributed by atoms with Crippen LogP contribution in [0.4, 0.5) is 0 Å². The number of ether oxygens (including phenoxy) is 1. The van der Waals surface area contributed by atoms with Gasteiger partial charge in [-0.1, -0.05) is 0 Å². The molecule has 2 atom stereocenters. The molecule has 0 amide bonds. The van der Waals surface area contributed by atoms with Crippen LogP contribution in [0.15, 0.2) is 0 Å². The molecule has 0 bridgehead atoms. The van der Waals surface area contributed by atoms with E-state index in [0.717, 1.165) is 25.9 Å². The van der Waals surface area contributed by atoms with Gasteiger partial charge in [0.15, 0.2) is 0 Å². The molecule has 1 saturated heterocycles. The summed E-state index contributed by atoms with van der Waals surface area (Å²) in [5.41, 5.74) is 5.53. The Morgan fingerprint density at radius 1 is 1.44 bits per heavy atom. The van der Waals surface area contributed by atoms with Gasteiger partial charge in [-0.3, -0.25) is 9.69 Å². The van der Waals surface area contributed by atoms with Crippen molar-refractivity contribution in [2.75, 3.05) is 26.2 Å². The van der Waals surface area contributed by atoms with E-state index in [1.807, 2.05) is 25.7 Å². The van der Waals surface area contributed by atoms with Crippen LogP contribution < -0.4 is 5.73 Å². The quantitative estimate of drug-likeness (QED) is 0.712. The highest BCUT2D eigenvalue weighted by atomic mass is 16.6. The number of carbonyl (C=O) groups excluding carboxylic acids is 1. The van der Waals surface area contributed by atoms with E-state index in [1.165, 1.54) is 0 Å². The van der Waals surface area contributed by atoms with Gasteiger partial charge in [0.25, 0.3) is 0 Å². The van der Waals surface area contributed by atoms with Crippen LogP contribution in [0.1, 0.15) is 33.6 Å². The molecule has 5 heteroatoms. The Kier molecular flexibility index (Phi) is 5.56. The molecule has 18 heavy (non-hydrogen) atoms. The van der Waals surface area contributed by atoms with Crippen LogP contribution in [0, 0.1) is 5.92 Å². The number of aliphatic hydroxyl groups excluding tert-OH is 1. The highest BCUT2D eigenvalue weighted by Crippen LogP contribution is 2.19. The summed E-state index contributed by atoms with van der Waals surface area (Å²) in [6.07, 6.45) is 1.67. The number of piperidine rings is 1. The molecule has 0 spiro atoms. The first-order valence-electron chi connectivity index (χ1n) is 6.61. The number of rotatable bonds is 4. The fourth-order valence-corrected chi connectivity index (χ4v) is 2.43. The van der Waals surface area contributed by atoms with Crippen LogP contribution in [0.2, 0.25) is 0 Å². The number of hydrogen-bond acceptors (Lipinski definition) is 5. The van der Waals surface area contributed by atoms with Gasteiger partial charge in [-0.15, -0.1) is 0 Å². The summed E-state index contributed by atoms with van der Waals surface area (Å²) in [5.74, 6) is 0.167. The number of nitrogens with zero attached hydrogens (tertiary/aromatic N) is 1. The van der Waals surface area contributed by atoms with Crippen LogP contribution >= 0.6 is 0 Å². The zero-order chi connectivity index (χ0) is 13.8. The van der Waals surface area contributed by atoms with Crippen molar-refractivity contribution in [1.82, 2.24) is 4.90 Å². The number of carbonyl (C=O) groups is 1. The molecule has 2 unspecified atom stereocenters. The standard InChI is InChI=1S/C13H26N2O3/c1-13(2,3)18-12(17)9-15-7-10(4-5-16)6-11(14)8-15/h10-11,16H,4-9,14H2,1-3H3. The van der Waals surface area contributed by atoms with E-state index in [-0.39, 0.29) is 25.2 Å². The Morgan fingerprint density at radius 2 is 2.11 bits per heavy atom. The van der Waals surface area contributed by atoms with Crippen LogP contribution in [-0.4, -0.2) is 53.9 Å². The Bertz CT molecular complexity index is 276. The molecule has 0 aromatic carbocycles. The van der Waals surface area contributed by atoms with Crippen molar-refractivity contribution in [3.05, 3.63) is 0 Å². The third kappa shape index (κ3) is 5.80. The van der Waals surface area contributed by atoms with Crippen molar-refractivity contribution >= 4 is 5.97 Å². The lowest BCUT2D eigenvalue weighted by Gasteiger charge is -2.36. The van der Waals surface area contributed by atoms with Gasteiger partial charge in [-0.25, -0.2) is 0 Å². The minimum Gasteiger partial charge on any atom is -0.459 e. The number of nitrogens with two attached hydrogens (primary N) is 1. The number of esters is 1. The maximum atomic E-state index is 11.7. The minimum absolute atomic E-state index is 0.0812. The van der Waals surface area contributed by atoms with Gasteiger partial charge in [0.05, 0.1) is 6.54 Å². The van der Waals surface area contributed by atoms with Gasteiger partial charge in [0.1, 0.15) is 5.60 Å². The highest BCUT2D eigenvalue weighted by molar-refractivity contribution is 5.72. The molecule has 1 rings (SSSR count). The second-order valence-electron chi connectivity index (χ2n) is 6.15. The topological polar surface area (TPSA) is 75.8 Å². The lowest BCUT2D eigenvalue weighted by atomic mass is 9.92. The van der Waals surface area contributed by atoms with Crippen molar-refractivity contribution in [3.8, 4) is 0 Å². The highest BCUT2D eigenvalue weighted by Gasteiger charge is 2.27. The Hall–Kier alpha value is -0.650. The van der Waals surface area contributed by atoms with E-state index in [4.69, 9.17) is 15.6 Å². The van der Waals surface area contributed by atoms with Gasteiger partial charge in [0.2, 0.25) is 0 Å². The minimum atomic E-state index is -0.445. The summed E-state index contributed by atoms with van der Waals surface area (Å²) in [5, 5.41) is 8.97. The Labute approximate surface area is 109 Å². The van der Waals surface area contributed by atoms with Crippen LogP contribution in [0.5, 0.6) is 0 Å². The smallest absolute Gasteiger partial charge is 0.320 e. The molecule has 0 aliphatic carbocycles. The summed E-state index contributed by atoms with van der Waals surface area (Å²) in [6, 6.07) is 0.0812. The predicted octanol–water partition coefficient (Wildman–Crippen LogP) is 0.360. The van der Waals surface area contributed by atoms with Gasteiger partial charge < -0.3 is 15.6 Å². The summed E-state index contributed by atoms with van der Waals surface area (Å²) in [7, 11) is 0. The summed E-state index contributed by atoms with van der Waals surface area (Å²) in [6.45, 7) is 7.59. The summed E-state index contributed by atoms with van der Waals surface area (Å²) < 4.78 is 5.30. The molecule has 1 aliphatic heterocycles. The largest absolute Gasteiger partial charge is 0.459 e. The average Bonchev–Trinajstić information content (AvgIpc) is 2.12. The number of hydrogen-bond donors (Lipinski definition) is 2. The maximum absolute atomic E-state index is 11.7. The molecule has 1 heterocycles. The van der Waals surface area contributed by atoms with Gasteiger partial charge in [-0.05, 0) is 39.5 Å². The molecule has 3 N–H and O–H groups in total. The molecule has 0 radical (unpaired) electrons. The fraction of sp³-hybridized carbons (Fsp3) is 0.923. The lowest BCUT2D eigenvalue weighted by molar-refractivity contribution is -0.156. The summed E-state index contributed by atoms with van der Waals surface area (Å²) in [4.78, 5) is 13.8. The molecular weight excluding hydrogens is 232 g/mol. The lowest BCUT2D eigenvalue weighted by Crippen LogP contribution is -2.49. The van der Waals surface area contributed by atoms with E-state index in [9.17, 15) is 4.79 Å². The maximum Gasteiger partial charge on any atom is 0.320 e. The van der Waals surface area contributed by atoms with Gasteiger partial charge in [-0.2, -0.15) is 0 Å². The molecule has 0 saturated carbocycles. The zero-order valence-electron chi connectivity index (χ0n) is 11.7. The number of aliphatic hydroxyl groups is 1. The summed E-state index contributed by atoms with van der Waals surface area (Å²) >= 11 is 0. The van der Waals surface area contributed by atoms with Crippen molar-refractivity contribution in [2.24, 2.45) is 11.7 Å². The van der Waals surface area contributed by atoms with E-state index in [0.29, 0.717) is 5.92 Å². The molecular formula is C13H26N2O3. The monoisotopic (exact) mass is 258 g/mol. The van der Waals surface area contributed by atoms with Gasteiger partial charge >= 0.3 is 5.97 Å². The first-order chi connectivity index (χ1) is 8.30. The van der Waals surface area contributed by atoms with E-state index in [1.54, 1.807) is 0 Å². The van der Waals surface area contributed by atoms with Crippen molar-refractivity contribution < 1.29 is 14.6 Å². The van der Waals surface area contributed by atoms with E-state index >= 15 is 0 Å². The third-order valence-electron chi connectivity index (χ3n) is 2.96. The zero-order valence-corrected chi connectivity index (χ0v) is 11.7. The normalized spacial score (nSPS) is 26.1. The van der Waals surface area contributed by atoms with Crippen LogP contribution in [0.3, 0.4) is 0 Å². The van der Waals surface area contributed by atoms with E-state index < -0.39 is 5.60 Å². The first kappa shape index (κ1) is 15.4. The second-order valence-corrected chi connectivity index (χ2v) is 6.15. The Balaban J connectivity index is 2.43. The molecule has 106 valence electrons. The Morgan fingerprint density at radius 3 is 2.67 bits per heavy atom. The van der Waals surface area contributed by atoms with Crippen molar-refractivity contribution in [2.45, 2.75) is 45.3 Å². The number of likely N-dealkylation sites (tertiary alicyclic amines) is 1. The van der Waals surface area contributed by atoms with Crippen LogP contribution in [-0.2, 0) is 9.53 Å². The SMILES string of the molecule is CC(C)(C)OC(=O)CN1CC(N)CC(CCO)C1. The second kappa shape index (κ2) is 6.50. The van der Waals surface area contributed by atoms with Crippen molar-refractivity contribution in [3.63, 3.8) is 0 Å². The average molecular weight is 258 g/mol. The van der Waals surface area contributed by atoms with E-state index in [2.05, 4.69) is 0 Å². The molecule has 1 fully saturated rings. The third-order valence-corrected chi connectivity index (χ3v) is 2.96. The molecule has 1 aliphatic rings. The predicted molar refractivity (Wildman–Crippen MR) is 70.1 cm³/mol. The molecule has 0 aromatic rings. The first-order valence-corrected chi connectivity index (χ1v) is 6.61. The fourth-order valence-electron chi connectivity index (χ4n) is 2.43. The van der Waals surface area contributed by atoms with Crippen LogP contribution in [0.25, 0.3) is 0 Å². The molecule has 5 nitrogen and oxygen atoms in total. The van der Waals surface area contributed by atoms with Gasteiger partial charge in [0, 0.05) is 25.7 Å². The van der Waals surface area contributed by atoms with Crippen molar-refractivity contribution in [1.29, 1.82) is 0 Å².